The molecule has 1 aliphatic carbocycles. The number of hydrogen-bond donors (Lipinski definition) is 0. The average molecular weight is 271 g/mol. The Hall–Kier alpha value is -0.120. The summed E-state index contributed by atoms with van der Waals surface area (Å²) in [5.41, 5.74) is 0. The van der Waals surface area contributed by atoms with Crippen molar-refractivity contribution in [2.75, 3.05) is 6.54 Å². The first-order chi connectivity index (χ1) is 8.33. The lowest BCUT2D eigenvalue weighted by molar-refractivity contribution is 0.0554. The molecule has 17 heavy (non-hydrogen) atoms. The van der Waals surface area contributed by atoms with Gasteiger partial charge in [-0.3, -0.25) is 4.90 Å². The van der Waals surface area contributed by atoms with E-state index in [2.05, 4.69) is 9.88 Å². The van der Waals surface area contributed by atoms with Crippen molar-refractivity contribution in [3.63, 3.8) is 0 Å². The quantitative estimate of drug-likeness (QED) is 0.809. The Labute approximate surface area is 112 Å². The van der Waals surface area contributed by atoms with Gasteiger partial charge >= 0.3 is 0 Å². The highest BCUT2D eigenvalue weighted by Crippen LogP contribution is 2.36. The van der Waals surface area contributed by atoms with Gasteiger partial charge in [0.2, 0.25) is 0 Å². The largest absolute Gasteiger partial charge is 0.295 e. The summed E-state index contributed by atoms with van der Waals surface area (Å²) in [6.45, 7) is 2.32. The van der Waals surface area contributed by atoms with Gasteiger partial charge in [-0.1, -0.05) is 24.4 Å². The van der Waals surface area contributed by atoms with Crippen molar-refractivity contribution in [2.24, 2.45) is 5.92 Å². The fourth-order valence-electron chi connectivity index (χ4n) is 3.48. The second-order valence-corrected chi connectivity index (χ2v) is 7.00. The molecule has 2 nitrogen and oxygen atoms in total. The lowest BCUT2D eigenvalue weighted by Crippen LogP contribution is -2.46. The lowest BCUT2D eigenvalue weighted by atomic mass is 9.78. The molecule has 4 heteroatoms. The third-order valence-corrected chi connectivity index (χ3v) is 5.34. The second-order valence-electron chi connectivity index (χ2n) is 5.30. The topological polar surface area (TPSA) is 16.1 Å². The molecule has 0 bridgehead atoms. The van der Waals surface area contributed by atoms with Gasteiger partial charge in [0.05, 0.1) is 0 Å². The van der Waals surface area contributed by atoms with Crippen LogP contribution in [0.4, 0.5) is 0 Å². The Morgan fingerprint density at radius 2 is 2.12 bits per heavy atom. The zero-order valence-electron chi connectivity index (χ0n) is 10.1. The van der Waals surface area contributed by atoms with Gasteiger partial charge in [-0.25, -0.2) is 4.98 Å². The van der Waals surface area contributed by atoms with Crippen molar-refractivity contribution >= 4 is 22.9 Å². The average Bonchev–Trinajstić information content (AvgIpc) is 2.75. The van der Waals surface area contributed by atoms with E-state index >= 15 is 0 Å². The summed E-state index contributed by atoms with van der Waals surface area (Å²) in [6, 6.07) is 0.832. The molecule has 0 N–H and O–H groups in total. The SMILES string of the molecule is Clc1ncc(CN2CCC[C@H]3CCCC[C@H]32)s1. The third-order valence-electron chi connectivity index (χ3n) is 4.24. The fourth-order valence-corrected chi connectivity index (χ4v) is 4.48. The first-order valence-corrected chi connectivity index (χ1v) is 7.86. The third kappa shape index (κ3) is 2.67. The molecule has 1 saturated carbocycles. The molecule has 2 heterocycles. The Balaban J connectivity index is 1.68. The molecule has 2 aliphatic rings. The van der Waals surface area contributed by atoms with Crippen LogP contribution in [-0.2, 0) is 6.54 Å². The van der Waals surface area contributed by atoms with E-state index in [4.69, 9.17) is 11.6 Å². The predicted molar refractivity (Wildman–Crippen MR) is 72.5 cm³/mol. The summed E-state index contributed by atoms with van der Waals surface area (Å²) in [5, 5.41) is 0. The van der Waals surface area contributed by atoms with Crippen LogP contribution in [0.3, 0.4) is 0 Å². The molecule has 1 aliphatic heterocycles. The van der Waals surface area contributed by atoms with E-state index in [0.717, 1.165) is 18.5 Å². The second kappa shape index (κ2) is 5.25. The molecular formula is C13H19ClN2S. The number of halogens is 1. The molecule has 0 aromatic carbocycles. The van der Waals surface area contributed by atoms with E-state index in [-0.39, 0.29) is 0 Å². The molecule has 1 saturated heterocycles. The summed E-state index contributed by atoms with van der Waals surface area (Å²) in [7, 11) is 0. The Kier molecular flexibility index (Phi) is 3.69. The molecular weight excluding hydrogens is 252 g/mol. The minimum absolute atomic E-state index is 0.678. The number of thiazole rings is 1. The minimum Gasteiger partial charge on any atom is -0.295 e. The van der Waals surface area contributed by atoms with Crippen molar-refractivity contribution in [3.8, 4) is 0 Å². The summed E-state index contributed by atoms with van der Waals surface area (Å²) < 4.78 is 0.678. The maximum Gasteiger partial charge on any atom is 0.183 e. The highest BCUT2D eigenvalue weighted by molar-refractivity contribution is 7.15. The van der Waals surface area contributed by atoms with Gasteiger partial charge < -0.3 is 0 Å². The maximum atomic E-state index is 5.90. The van der Waals surface area contributed by atoms with E-state index in [9.17, 15) is 0 Å². The normalized spacial score (nSPS) is 30.2. The van der Waals surface area contributed by atoms with Crippen LogP contribution in [0.25, 0.3) is 0 Å². The molecule has 1 aromatic heterocycles. The van der Waals surface area contributed by atoms with Crippen molar-refractivity contribution in [3.05, 3.63) is 15.5 Å². The van der Waals surface area contributed by atoms with Gasteiger partial charge in [-0.15, -0.1) is 11.3 Å². The first kappa shape index (κ1) is 11.9. The maximum absolute atomic E-state index is 5.90. The summed E-state index contributed by atoms with van der Waals surface area (Å²) >= 11 is 7.54. The van der Waals surface area contributed by atoms with Crippen molar-refractivity contribution in [2.45, 2.75) is 51.1 Å². The highest BCUT2D eigenvalue weighted by atomic mass is 35.5. The number of aromatic nitrogens is 1. The smallest absolute Gasteiger partial charge is 0.183 e. The Morgan fingerprint density at radius 3 is 2.94 bits per heavy atom. The van der Waals surface area contributed by atoms with Gasteiger partial charge in [-0.05, 0) is 38.1 Å². The van der Waals surface area contributed by atoms with Crippen LogP contribution in [0.15, 0.2) is 6.20 Å². The summed E-state index contributed by atoms with van der Waals surface area (Å²) in [5.74, 6) is 0.959. The molecule has 1 aromatic rings. The van der Waals surface area contributed by atoms with E-state index in [0.29, 0.717) is 4.47 Å². The number of rotatable bonds is 2. The lowest BCUT2D eigenvalue weighted by Gasteiger charge is -2.44. The molecule has 0 radical (unpaired) electrons. The number of fused-ring (bicyclic) bond motifs is 1. The molecule has 0 amide bonds. The van der Waals surface area contributed by atoms with Crippen LogP contribution in [0, 0.1) is 5.92 Å². The standard InChI is InChI=1S/C13H19ClN2S/c14-13-15-8-11(17-13)9-16-7-3-5-10-4-1-2-6-12(10)16/h8,10,12H,1-7,9H2/t10-,12-/m1/s1. The van der Waals surface area contributed by atoms with Crippen molar-refractivity contribution in [1.82, 2.24) is 9.88 Å². The molecule has 0 unspecified atom stereocenters. The number of piperidine rings is 1. The van der Waals surface area contributed by atoms with Gasteiger partial charge in [0, 0.05) is 23.7 Å². The molecule has 94 valence electrons. The van der Waals surface area contributed by atoms with Crippen molar-refractivity contribution < 1.29 is 0 Å². The highest BCUT2D eigenvalue weighted by Gasteiger charge is 2.33. The Bertz CT molecular complexity index is 377. The van der Waals surface area contributed by atoms with Crippen LogP contribution in [0.2, 0.25) is 4.47 Å². The fraction of sp³-hybridized carbons (Fsp3) is 0.769. The first-order valence-electron chi connectivity index (χ1n) is 6.67. The molecule has 3 rings (SSSR count). The number of likely N-dealkylation sites (tertiary alicyclic amines) is 1. The zero-order valence-corrected chi connectivity index (χ0v) is 11.6. The monoisotopic (exact) mass is 270 g/mol. The van der Waals surface area contributed by atoms with Gasteiger partial charge in [0.15, 0.2) is 4.47 Å². The van der Waals surface area contributed by atoms with Crippen LogP contribution in [-0.4, -0.2) is 22.5 Å². The zero-order chi connectivity index (χ0) is 11.7. The number of nitrogens with zero attached hydrogens (tertiary/aromatic N) is 2. The minimum atomic E-state index is 0.678. The van der Waals surface area contributed by atoms with Gasteiger partial charge in [0.25, 0.3) is 0 Å². The van der Waals surface area contributed by atoms with E-state index in [1.807, 2.05) is 6.20 Å². The van der Waals surface area contributed by atoms with Crippen LogP contribution < -0.4 is 0 Å². The predicted octanol–water partition coefficient (Wildman–Crippen LogP) is 3.95. The van der Waals surface area contributed by atoms with Crippen LogP contribution >= 0.6 is 22.9 Å². The van der Waals surface area contributed by atoms with E-state index in [1.165, 1.54) is 49.9 Å². The molecule has 2 fully saturated rings. The van der Waals surface area contributed by atoms with Crippen LogP contribution in [0.5, 0.6) is 0 Å². The van der Waals surface area contributed by atoms with Gasteiger partial charge in [-0.2, -0.15) is 0 Å². The molecule has 0 spiro atoms. The van der Waals surface area contributed by atoms with Gasteiger partial charge in [0.1, 0.15) is 0 Å². The van der Waals surface area contributed by atoms with E-state index in [1.54, 1.807) is 11.3 Å². The van der Waals surface area contributed by atoms with Crippen molar-refractivity contribution in [1.29, 1.82) is 0 Å². The van der Waals surface area contributed by atoms with Crippen LogP contribution in [0.1, 0.15) is 43.4 Å². The van der Waals surface area contributed by atoms with E-state index < -0.39 is 0 Å². The summed E-state index contributed by atoms with van der Waals surface area (Å²) in [4.78, 5) is 8.14. The number of hydrogen-bond acceptors (Lipinski definition) is 3. The summed E-state index contributed by atoms with van der Waals surface area (Å²) in [6.07, 6.45) is 10.5. The molecule has 2 atom stereocenters. The Morgan fingerprint density at radius 1 is 1.29 bits per heavy atom.